The van der Waals surface area contributed by atoms with Crippen LogP contribution in [0.25, 0.3) is 0 Å². The molecule has 2 atom stereocenters. The molecule has 0 aromatic carbocycles. The van der Waals surface area contributed by atoms with Gasteiger partial charge in [-0.1, -0.05) is 206 Å². The predicted octanol–water partition coefficient (Wildman–Crippen LogP) is 13.0. The number of phosphoric ester groups is 1. The molecule has 54 heavy (non-hydrogen) atoms. The van der Waals surface area contributed by atoms with Crippen LogP contribution in [0.15, 0.2) is 0 Å². The van der Waals surface area contributed by atoms with E-state index in [2.05, 4.69) is 13.8 Å². The standard InChI is InChI=1S/C45H92NO7P/c1-6-8-10-12-14-16-18-20-21-22-23-24-25-26-27-28-30-32-34-36-38-45(47)53-44(43-52-54(48,49)51-41-39-46(3,4)5)42-50-40-37-35-33-31-29-19-17-15-13-11-9-7-2/h44H,6-43H2,1-5H3/t44-/m1/s1. The van der Waals surface area contributed by atoms with Crippen LogP contribution in [-0.2, 0) is 27.9 Å². The number of rotatable bonds is 44. The van der Waals surface area contributed by atoms with E-state index in [0.717, 1.165) is 32.1 Å². The third kappa shape index (κ3) is 42.6. The number of likely N-dealkylation sites (N-methyl/N-ethyl adjacent to an activating group) is 1. The lowest BCUT2D eigenvalue weighted by Gasteiger charge is -2.28. The number of hydrogen-bond donors (Lipinski definition) is 0. The number of hydrogen-bond acceptors (Lipinski definition) is 7. The molecule has 0 aliphatic heterocycles. The summed E-state index contributed by atoms with van der Waals surface area (Å²) in [5.41, 5.74) is 0. The van der Waals surface area contributed by atoms with Crippen molar-refractivity contribution in [3.63, 3.8) is 0 Å². The van der Waals surface area contributed by atoms with Crippen LogP contribution < -0.4 is 4.89 Å². The first kappa shape index (κ1) is 53.5. The van der Waals surface area contributed by atoms with Crippen molar-refractivity contribution in [2.45, 2.75) is 232 Å². The Kier molecular flexibility index (Phi) is 39.0. The third-order valence-electron chi connectivity index (χ3n) is 10.4. The van der Waals surface area contributed by atoms with Crippen LogP contribution >= 0.6 is 7.82 Å². The lowest BCUT2D eigenvalue weighted by atomic mass is 10.0. The van der Waals surface area contributed by atoms with Gasteiger partial charge in [-0.3, -0.25) is 9.36 Å². The molecule has 0 heterocycles. The summed E-state index contributed by atoms with van der Waals surface area (Å²) in [4.78, 5) is 25.1. The highest BCUT2D eigenvalue weighted by atomic mass is 31.2. The molecule has 0 amide bonds. The van der Waals surface area contributed by atoms with E-state index in [9.17, 15) is 14.3 Å². The van der Waals surface area contributed by atoms with Gasteiger partial charge in [0.25, 0.3) is 7.82 Å². The molecule has 8 nitrogen and oxygen atoms in total. The first-order chi connectivity index (χ1) is 26.1. The van der Waals surface area contributed by atoms with Gasteiger partial charge in [0.15, 0.2) is 0 Å². The fraction of sp³-hybridized carbons (Fsp3) is 0.978. The zero-order valence-electron chi connectivity index (χ0n) is 36.7. The van der Waals surface area contributed by atoms with Gasteiger partial charge in [0.2, 0.25) is 0 Å². The Bertz CT molecular complexity index is 837. The fourth-order valence-corrected chi connectivity index (χ4v) is 7.51. The van der Waals surface area contributed by atoms with Gasteiger partial charge in [-0.05, 0) is 12.8 Å². The number of esters is 1. The molecule has 0 spiro atoms. The number of carbonyl (C=O) groups is 1. The van der Waals surface area contributed by atoms with E-state index in [1.165, 1.54) is 173 Å². The zero-order valence-corrected chi connectivity index (χ0v) is 37.6. The van der Waals surface area contributed by atoms with Crippen LogP contribution in [0.4, 0.5) is 0 Å². The lowest BCUT2D eigenvalue weighted by molar-refractivity contribution is -0.870. The molecule has 0 rings (SSSR count). The number of ether oxygens (including phenoxy) is 2. The highest BCUT2D eigenvalue weighted by molar-refractivity contribution is 7.45. The summed E-state index contributed by atoms with van der Waals surface area (Å²) in [6.45, 7) is 5.47. The first-order valence-electron chi connectivity index (χ1n) is 23.3. The molecule has 0 aromatic heterocycles. The molecule has 0 aliphatic carbocycles. The van der Waals surface area contributed by atoms with Gasteiger partial charge in [0.05, 0.1) is 34.4 Å². The van der Waals surface area contributed by atoms with Crippen LogP contribution in [0.1, 0.15) is 226 Å². The summed E-state index contributed by atoms with van der Waals surface area (Å²) in [6, 6.07) is 0. The number of carbonyl (C=O) groups excluding carboxylic acids is 1. The molecule has 0 N–H and O–H groups in total. The van der Waals surface area contributed by atoms with E-state index < -0.39 is 13.9 Å². The highest BCUT2D eigenvalue weighted by Crippen LogP contribution is 2.38. The van der Waals surface area contributed by atoms with Crippen molar-refractivity contribution in [2.75, 3.05) is 54.1 Å². The molecule has 0 bridgehead atoms. The van der Waals surface area contributed by atoms with Gasteiger partial charge in [-0.15, -0.1) is 0 Å². The minimum atomic E-state index is -4.51. The van der Waals surface area contributed by atoms with Crippen molar-refractivity contribution in [3.8, 4) is 0 Å². The second-order valence-corrected chi connectivity index (χ2v) is 18.5. The third-order valence-corrected chi connectivity index (χ3v) is 11.4. The SMILES string of the molecule is CCCCCCCCCCCCCCCCCCCCCCC(=O)O[C@H](COCCCCCCCCCCCCCC)COP(=O)([O-])OCC[N+](C)(C)C. The predicted molar refractivity (Wildman–Crippen MR) is 227 cm³/mol. The van der Waals surface area contributed by atoms with Crippen molar-refractivity contribution in [1.29, 1.82) is 0 Å². The average molecular weight is 790 g/mol. The number of phosphoric acid groups is 1. The molecule has 9 heteroatoms. The molecule has 0 radical (unpaired) electrons. The Morgan fingerprint density at radius 1 is 0.500 bits per heavy atom. The Labute approximate surface area is 336 Å². The Morgan fingerprint density at radius 2 is 0.852 bits per heavy atom. The number of quaternary nitrogens is 1. The summed E-state index contributed by atoms with van der Waals surface area (Å²) in [5.74, 6) is -0.327. The van der Waals surface area contributed by atoms with E-state index in [1.807, 2.05) is 21.1 Å². The van der Waals surface area contributed by atoms with Gasteiger partial charge >= 0.3 is 5.97 Å². The van der Waals surface area contributed by atoms with Gasteiger partial charge in [0, 0.05) is 13.0 Å². The molecule has 0 saturated heterocycles. The molecule has 0 aromatic rings. The Morgan fingerprint density at radius 3 is 1.22 bits per heavy atom. The monoisotopic (exact) mass is 790 g/mol. The Hall–Kier alpha value is -0.500. The van der Waals surface area contributed by atoms with Crippen molar-refractivity contribution in [2.24, 2.45) is 0 Å². The summed E-state index contributed by atoms with van der Waals surface area (Å²) in [5, 5.41) is 0. The largest absolute Gasteiger partial charge is 0.756 e. The number of unbranched alkanes of at least 4 members (excludes halogenated alkanes) is 30. The Balaban J connectivity index is 4.10. The van der Waals surface area contributed by atoms with Crippen LogP contribution in [0.5, 0.6) is 0 Å². The lowest BCUT2D eigenvalue weighted by Crippen LogP contribution is -2.37. The van der Waals surface area contributed by atoms with E-state index in [4.69, 9.17) is 18.5 Å². The van der Waals surface area contributed by atoms with E-state index >= 15 is 0 Å². The quantitative estimate of drug-likeness (QED) is 0.0262. The molecular formula is C45H92NO7P. The fourth-order valence-electron chi connectivity index (χ4n) is 6.78. The van der Waals surface area contributed by atoms with E-state index in [-0.39, 0.29) is 25.8 Å². The summed E-state index contributed by atoms with van der Waals surface area (Å²) in [6.07, 6.45) is 41.1. The van der Waals surface area contributed by atoms with E-state index in [1.54, 1.807) is 0 Å². The second kappa shape index (κ2) is 39.3. The smallest absolute Gasteiger partial charge is 0.306 e. The summed E-state index contributed by atoms with van der Waals surface area (Å²) in [7, 11) is 1.37. The van der Waals surface area contributed by atoms with Gasteiger partial charge in [-0.2, -0.15) is 0 Å². The maximum Gasteiger partial charge on any atom is 0.306 e. The summed E-state index contributed by atoms with van der Waals surface area (Å²) >= 11 is 0. The van der Waals surface area contributed by atoms with Crippen molar-refractivity contribution < 1.29 is 37.3 Å². The topological polar surface area (TPSA) is 94.1 Å². The maximum absolute atomic E-state index is 12.7. The van der Waals surface area contributed by atoms with Gasteiger partial charge in [-0.25, -0.2) is 0 Å². The molecule has 1 unspecified atom stereocenters. The minimum absolute atomic E-state index is 0.0314. The van der Waals surface area contributed by atoms with Crippen LogP contribution in [-0.4, -0.2) is 70.7 Å². The van der Waals surface area contributed by atoms with Crippen molar-refractivity contribution >= 4 is 13.8 Å². The highest BCUT2D eigenvalue weighted by Gasteiger charge is 2.20. The van der Waals surface area contributed by atoms with Crippen LogP contribution in [0.3, 0.4) is 0 Å². The molecular weight excluding hydrogens is 697 g/mol. The van der Waals surface area contributed by atoms with Gasteiger partial charge in [0.1, 0.15) is 19.3 Å². The van der Waals surface area contributed by atoms with Crippen LogP contribution in [0.2, 0.25) is 0 Å². The van der Waals surface area contributed by atoms with Crippen molar-refractivity contribution in [3.05, 3.63) is 0 Å². The molecule has 0 saturated carbocycles. The number of nitrogens with zero attached hydrogens (tertiary/aromatic N) is 1. The molecule has 0 fully saturated rings. The van der Waals surface area contributed by atoms with E-state index in [0.29, 0.717) is 24.1 Å². The van der Waals surface area contributed by atoms with Crippen molar-refractivity contribution in [1.82, 2.24) is 0 Å². The minimum Gasteiger partial charge on any atom is -0.756 e. The maximum atomic E-state index is 12.7. The summed E-state index contributed by atoms with van der Waals surface area (Å²) < 4.78 is 34.6. The van der Waals surface area contributed by atoms with Gasteiger partial charge < -0.3 is 27.9 Å². The molecule has 0 aliphatic rings. The average Bonchev–Trinajstić information content (AvgIpc) is 3.12. The normalized spacial score (nSPS) is 13.7. The first-order valence-corrected chi connectivity index (χ1v) is 24.7. The van der Waals surface area contributed by atoms with Crippen LogP contribution in [0, 0.1) is 0 Å². The second-order valence-electron chi connectivity index (χ2n) is 17.1. The zero-order chi connectivity index (χ0) is 39.9. The molecule has 324 valence electrons.